The summed E-state index contributed by atoms with van der Waals surface area (Å²) in [5.41, 5.74) is 1.62. The van der Waals surface area contributed by atoms with Crippen molar-refractivity contribution in [1.82, 2.24) is 4.98 Å². The molecule has 0 N–H and O–H groups in total. The highest BCUT2D eigenvalue weighted by Gasteiger charge is 2.27. The molecule has 2 aromatic rings. The average Bonchev–Trinajstić information content (AvgIpc) is 3.23. The largest absolute Gasteiger partial charge is 0.484 e. The molecule has 1 aliphatic heterocycles. The van der Waals surface area contributed by atoms with E-state index in [1.807, 2.05) is 30.3 Å². The smallest absolute Gasteiger partial charge is 0.255 e. The zero-order chi connectivity index (χ0) is 12.4. The number of hydrogen-bond donors (Lipinski definition) is 0. The maximum Gasteiger partial charge on any atom is 0.255 e. The van der Waals surface area contributed by atoms with E-state index in [-0.39, 0.29) is 11.9 Å². The standard InChI is InChI=1S/C14H12FNO2/c15-14-12(7-6-11(16-14)13-9-18-13)17-8-10-4-2-1-3-5-10/h1-7,13H,8-9H2. The summed E-state index contributed by atoms with van der Waals surface area (Å²) in [6.07, 6.45) is -0.0392. The summed E-state index contributed by atoms with van der Waals surface area (Å²) in [4.78, 5) is 3.83. The first-order chi connectivity index (χ1) is 8.83. The lowest BCUT2D eigenvalue weighted by molar-refractivity contribution is 0.284. The molecule has 0 spiro atoms. The van der Waals surface area contributed by atoms with Crippen molar-refractivity contribution in [3.8, 4) is 5.75 Å². The maximum atomic E-state index is 13.6. The van der Waals surface area contributed by atoms with Crippen LogP contribution >= 0.6 is 0 Å². The third kappa shape index (κ3) is 2.49. The predicted molar refractivity (Wildman–Crippen MR) is 63.7 cm³/mol. The molecule has 92 valence electrons. The van der Waals surface area contributed by atoms with Crippen LogP contribution in [-0.2, 0) is 11.3 Å². The van der Waals surface area contributed by atoms with Gasteiger partial charge in [0.15, 0.2) is 5.75 Å². The molecule has 1 aromatic carbocycles. The van der Waals surface area contributed by atoms with Crippen molar-refractivity contribution in [2.75, 3.05) is 6.61 Å². The Kier molecular flexibility index (Phi) is 2.94. The van der Waals surface area contributed by atoms with Crippen molar-refractivity contribution in [3.05, 3.63) is 59.7 Å². The number of hydrogen-bond acceptors (Lipinski definition) is 3. The van der Waals surface area contributed by atoms with Gasteiger partial charge in [-0.25, -0.2) is 4.98 Å². The molecule has 3 rings (SSSR count). The average molecular weight is 245 g/mol. The summed E-state index contributed by atoms with van der Waals surface area (Å²) >= 11 is 0. The van der Waals surface area contributed by atoms with Gasteiger partial charge in [0.1, 0.15) is 12.7 Å². The summed E-state index contributed by atoms with van der Waals surface area (Å²) in [5, 5.41) is 0. The van der Waals surface area contributed by atoms with E-state index in [1.54, 1.807) is 12.1 Å². The zero-order valence-electron chi connectivity index (χ0n) is 9.67. The van der Waals surface area contributed by atoms with Crippen LogP contribution in [0.3, 0.4) is 0 Å². The fraction of sp³-hybridized carbons (Fsp3) is 0.214. The van der Waals surface area contributed by atoms with Crippen molar-refractivity contribution in [3.63, 3.8) is 0 Å². The molecule has 18 heavy (non-hydrogen) atoms. The minimum Gasteiger partial charge on any atom is -0.484 e. The summed E-state index contributed by atoms with van der Waals surface area (Å²) in [6, 6.07) is 13.0. The molecule has 1 aliphatic rings. The molecule has 3 nitrogen and oxygen atoms in total. The third-order valence-electron chi connectivity index (χ3n) is 2.74. The Morgan fingerprint density at radius 1 is 1.22 bits per heavy atom. The fourth-order valence-electron chi connectivity index (χ4n) is 1.68. The number of aromatic nitrogens is 1. The van der Waals surface area contributed by atoms with Crippen LogP contribution in [0, 0.1) is 5.95 Å². The van der Waals surface area contributed by atoms with E-state index in [2.05, 4.69) is 4.98 Å². The topological polar surface area (TPSA) is 34.7 Å². The van der Waals surface area contributed by atoms with Crippen LogP contribution in [0.25, 0.3) is 0 Å². The van der Waals surface area contributed by atoms with Crippen LogP contribution in [0.2, 0.25) is 0 Å². The Labute approximate surface area is 104 Å². The summed E-state index contributed by atoms with van der Waals surface area (Å²) in [7, 11) is 0. The van der Waals surface area contributed by atoms with Gasteiger partial charge in [0.05, 0.1) is 12.3 Å². The van der Waals surface area contributed by atoms with Crippen molar-refractivity contribution in [2.24, 2.45) is 0 Å². The number of pyridine rings is 1. The van der Waals surface area contributed by atoms with Gasteiger partial charge in [0, 0.05) is 0 Å². The first-order valence-corrected chi connectivity index (χ1v) is 5.78. The summed E-state index contributed by atoms with van der Waals surface area (Å²) in [6.45, 7) is 0.954. The molecule has 0 bridgehead atoms. The third-order valence-corrected chi connectivity index (χ3v) is 2.74. The van der Waals surface area contributed by atoms with Crippen LogP contribution in [0.15, 0.2) is 42.5 Å². The minimum atomic E-state index is -0.584. The maximum absolute atomic E-state index is 13.6. The van der Waals surface area contributed by atoms with E-state index in [1.165, 1.54) is 0 Å². The van der Waals surface area contributed by atoms with E-state index >= 15 is 0 Å². The van der Waals surface area contributed by atoms with Gasteiger partial charge < -0.3 is 9.47 Å². The number of rotatable bonds is 4. The Morgan fingerprint density at radius 3 is 2.67 bits per heavy atom. The highest BCUT2D eigenvalue weighted by molar-refractivity contribution is 5.24. The van der Waals surface area contributed by atoms with Gasteiger partial charge in [-0.2, -0.15) is 4.39 Å². The van der Waals surface area contributed by atoms with Gasteiger partial charge in [0.2, 0.25) is 0 Å². The molecular weight excluding hydrogens is 233 g/mol. The van der Waals surface area contributed by atoms with Crippen LogP contribution < -0.4 is 4.74 Å². The van der Waals surface area contributed by atoms with Gasteiger partial charge in [-0.1, -0.05) is 30.3 Å². The van der Waals surface area contributed by atoms with Gasteiger partial charge in [-0.15, -0.1) is 0 Å². The first kappa shape index (κ1) is 11.2. The second-order valence-corrected chi connectivity index (χ2v) is 4.12. The second kappa shape index (κ2) is 4.74. The lowest BCUT2D eigenvalue weighted by Gasteiger charge is -2.07. The number of ether oxygens (including phenoxy) is 2. The Balaban J connectivity index is 1.69. The van der Waals surface area contributed by atoms with Crippen molar-refractivity contribution >= 4 is 0 Å². The first-order valence-electron chi connectivity index (χ1n) is 5.78. The highest BCUT2D eigenvalue weighted by atomic mass is 19.1. The zero-order valence-corrected chi connectivity index (χ0v) is 9.67. The van der Waals surface area contributed by atoms with Crippen LogP contribution in [-0.4, -0.2) is 11.6 Å². The molecule has 0 amide bonds. The van der Waals surface area contributed by atoms with Crippen molar-refractivity contribution in [1.29, 1.82) is 0 Å². The fourth-order valence-corrected chi connectivity index (χ4v) is 1.68. The molecule has 1 atom stereocenters. The SMILES string of the molecule is Fc1nc(C2CO2)ccc1OCc1ccccc1. The molecule has 1 unspecified atom stereocenters. The number of benzene rings is 1. The summed E-state index contributed by atoms with van der Waals surface area (Å²) in [5.74, 6) is -0.415. The van der Waals surface area contributed by atoms with Gasteiger partial charge >= 0.3 is 0 Å². The monoisotopic (exact) mass is 245 g/mol. The van der Waals surface area contributed by atoms with E-state index in [0.717, 1.165) is 5.56 Å². The van der Waals surface area contributed by atoms with E-state index in [9.17, 15) is 4.39 Å². The van der Waals surface area contributed by atoms with Gasteiger partial charge in [-0.3, -0.25) is 0 Å². The molecule has 0 aliphatic carbocycles. The molecule has 2 heterocycles. The molecule has 0 radical (unpaired) electrons. The summed E-state index contributed by atoms with van der Waals surface area (Å²) < 4.78 is 24.1. The molecule has 1 saturated heterocycles. The number of nitrogens with zero attached hydrogens (tertiary/aromatic N) is 1. The van der Waals surface area contributed by atoms with Crippen LogP contribution in [0.1, 0.15) is 17.4 Å². The quantitative estimate of drug-likeness (QED) is 0.613. The molecule has 0 saturated carbocycles. The van der Waals surface area contributed by atoms with Crippen molar-refractivity contribution in [2.45, 2.75) is 12.7 Å². The predicted octanol–water partition coefficient (Wildman–Crippen LogP) is 2.87. The van der Waals surface area contributed by atoms with E-state index in [4.69, 9.17) is 9.47 Å². The Bertz CT molecular complexity index is 541. The molecular formula is C14H12FNO2. The van der Waals surface area contributed by atoms with Crippen LogP contribution in [0.4, 0.5) is 4.39 Å². The molecule has 4 heteroatoms. The van der Waals surface area contributed by atoms with E-state index in [0.29, 0.717) is 18.9 Å². The van der Waals surface area contributed by atoms with Gasteiger partial charge in [-0.05, 0) is 17.7 Å². The minimum absolute atomic E-state index is 0.0392. The Morgan fingerprint density at radius 2 is 2.00 bits per heavy atom. The highest BCUT2D eigenvalue weighted by Crippen LogP contribution is 2.29. The number of epoxide rings is 1. The lowest BCUT2D eigenvalue weighted by Crippen LogP contribution is -2.00. The second-order valence-electron chi connectivity index (χ2n) is 4.12. The molecule has 1 fully saturated rings. The Hall–Kier alpha value is -1.94. The van der Waals surface area contributed by atoms with Crippen LogP contribution in [0.5, 0.6) is 5.75 Å². The lowest BCUT2D eigenvalue weighted by atomic mass is 10.2. The number of halogens is 1. The van der Waals surface area contributed by atoms with Gasteiger partial charge in [0.25, 0.3) is 5.95 Å². The van der Waals surface area contributed by atoms with E-state index < -0.39 is 5.95 Å². The normalized spacial score (nSPS) is 17.5. The van der Waals surface area contributed by atoms with Crippen molar-refractivity contribution < 1.29 is 13.9 Å². The molecule has 1 aromatic heterocycles.